The molecule has 0 aliphatic carbocycles. The highest BCUT2D eigenvalue weighted by Gasteiger charge is 2.27. The van der Waals surface area contributed by atoms with Crippen LogP contribution >= 0.6 is 0 Å². The van der Waals surface area contributed by atoms with E-state index in [2.05, 4.69) is 10.6 Å². The largest absolute Gasteiger partial charge is 0.497 e. The Morgan fingerprint density at radius 1 is 1.45 bits per heavy atom. The lowest BCUT2D eigenvalue weighted by Gasteiger charge is -2.11. The Labute approximate surface area is 119 Å². The first-order chi connectivity index (χ1) is 9.69. The van der Waals surface area contributed by atoms with Gasteiger partial charge in [0.25, 0.3) is 0 Å². The third kappa shape index (κ3) is 4.21. The molecule has 0 aromatic heterocycles. The van der Waals surface area contributed by atoms with Gasteiger partial charge in [-0.3, -0.25) is 4.79 Å². The van der Waals surface area contributed by atoms with Crippen molar-refractivity contribution < 1.29 is 14.6 Å². The van der Waals surface area contributed by atoms with Gasteiger partial charge in [-0.1, -0.05) is 12.1 Å². The van der Waals surface area contributed by atoms with Crippen molar-refractivity contribution in [1.29, 1.82) is 0 Å². The third-order valence-corrected chi connectivity index (χ3v) is 3.52. The fourth-order valence-corrected chi connectivity index (χ4v) is 2.34. The van der Waals surface area contributed by atoms with E-state index in [9.17, 15) is 9.90 Å². The van der Waals surface area contributed by atoms with E-state index in [4.69, 9.17) is 4.74 Å². The number of benzene rings is 1. The quantitative estimate of drug-likeness (QED) is 0.662. The summed E-state index contributed by atoms with van der Waals surface area (Å²) in [5.41, 5.74) is 1.23. The number of amides is 1. The van der Waals surface area contributed by atoms with Gasteiger partial charge >= 0.3 is 0 Å². The zero-order valence-corrected chi connectivity index (χ0v) is 11.8. The van der Waals surface area contributed by atoms with Crippen molar-refractivity contribution in [3.8, 4) is 5.75 Å². The molecule has 0 spiro atoms. The van der Waals surface area contributed by atoms with Crippen LogP contribution in [0.15, 0.2) is 24.3 Å². The average Bonchev–Trinajstić information content (AvgIpc) is 2.91. The topological polar surface area (TPSA) is 70.6 Å². The van der Waals surface area contributed by atoms with E-state index in [-0.39, 0.29) is 11.9 Å². The molecule has 1 aromatic carbocycles. The Kier molecular flexibility index (Phi) is 5.38. The first-order valence-corrected chi connectivity index (χ1v) is 7.01. The molecule has 3 N–H and O–H groups in total. The number of β-amino-alcohol motifs (C(OH)–C–C–N with tert-alkyl or cyclic N) is 1. The second kappa shape index (κ2) is 7.26. The summed E-state index contributed by atoms with van der Waals surface area (Å²) >= 11 is 0. The first kappa shape index (κ1) is 14.8. The molecule has 1 heterocycles. The number of methoxy groups -OCH3 is 1. The predicted octanol–water partition coefficient (Wildman–Crippen LogP) is 0.467. The van der Waals surface area contributed by atoms with Crippen LogP contribution in [0.4, 0.5) is 0 Å². The molecule has 2 atom stereocenters. The van der Waals surface area contributed by atoms with Crippen LogP contribution in [0.1, 0.15) is 18.4 Å². The molecule has 0 unspecified atom stereocenters. The number of aliphatic hydroxyl groups excluding tert-OH is 1. The zero-order valence-electron chi connectivity index (χ0n) is 11.8. The van der Waals surface area contributed by atoms with Crippen LogP contribution in [0.25, 0.3) is 0 Å². The van der Waals surface area contributed by atoms with E-state index in [0.29, 0.717) is 19.5 Å². The smallest absolute Gasteiger partial charge is 0.237 e. The Bertz CT molecular complexity index is 433. The molecule has 1 aliphatic heterocycles. The number of rotatable bonds is 6. The fourth-order valence-electron chi connectivity index (χ4n) is 2.34. The van der Waals surface area contributed by atoms with E-state index >= 15 is 0 Å². The van der Waals surface area contributed by atoms with Crippen LogP contribution in [0.5, 0.6) is 5.75 Å². The number of aliphatic hydroxyl groups is 1. The Morgan fingerprint density at radius 3 is 2.80 bits per heavy atom. The lowest BCUT2D eigenvalue weighted by atomic mass is 10.1. The number of ether oxygens (including phenoxy) is 1. The Balaban J connectivity index is 1.64. The number of aryl methyl sites for hydroxylation is 1. The van der Waals surface area contributed by atoms with Crippen LogP contribution in [0.2, 0.25) is 0 Å². The van der Waals surface area contributed by atoms with Crippen molar-refractivity contribution in [2.24, 2.45) is 0 Å². The van der Waals surface area contributed by atoms with Gasteiger partial charge in [-0.05, 0) is 37.0 Å². The molecule has 1 aromatic rings. The maximum Gasteiger partial charge on any atom is 0.237 e. The van der Waals surface area contributed by atoms with Gasteiger partial charge in [0.05, 0.1) is 19.3 Å². The second-order valence-corrected chi connectivity index (χ2v) is 5.09. The average molecular weight is 278 g/mol. The minimum absolute atomic E-state index is 0.0173. The number of carbonyl (C=O) groups is 1. The van der Waals surface area contributed by atoms with Crippen molar-refractivity contribution in [2.45, 2.75) is 31.4 Å². The lowest BCUT2D eigenvalue weighted by Crippen LogP contribution is -2.40. The summed E-state index contributed by atoms with van der Waals surface area (Å²) in [5, 5.41) is 15.3. The lowest BCUT2D eigenvalue weighted by molar-refractivity contribution is -0.122. The van der Waals surface area contributed by atoms with Gasteiger partial charge in [0, 0.05) is 13.1 Å². The highest BCUT2D eigenvalue weighted by atomic mass is 16.5. The molecule has 5 nitrogen and oxygen atoms in total. The summed E-state index contributed by atoms with van der Waals surface area (Å²) in [4.78, 5) is 11.8. The van der Waals surface area contributed by atoms with Crippen molar-refractivity contribution in [3.05, 3.63) is 29.8 Å². The predicted molar refractivity (Wildman–Crippen MR) is 76.7 cm³/mol. The van der Waals surface area contributed by atoms with E-state index in [1.165, 1.54) is 5.56 Å². The van der Waals surface area contributed by atoms with Gasteiger partial charge in [0.1, 0.15) is 5.75 Å². The number of hydrogen-bond acceptors (Lipinski definition) is 4. The maximum absolute atomic E-state index is 11.8. The van der Waals surface area contributed by atoms with Gasteiger partial charge in [-0.15, -0.1) is 0 Å². The van der Waals surface area contributed by atoms with E-state index in [1.54, 1.807) is 7.11 Å². The van der Waals surface area contributed by atoms with Gasteiger partial charge in [0.15, 0.2) is 0 Å². The molecule has 1 saturated heterocycles. The van der Waals surface area contributed by atoms with Gasteiger partial charge in [-0.2, -0.15) is 0 Å². The zero-order chi connectivity index (χ0) is 14.4. The highest BCUT2D eigenvalue weighted by Crippen LogP contribution is 2.12. The Morgan fingerprint density at radius 2 is 2.20 bits per heavy atom. The molecule has 0 bridgehead atoms. The van der Waals surface area contributed by atoms with Gasteiger partial charge in [0.2, 0.25) is 5.91 Å². The SMILES string of the molecule is COc1ccc(CCCNC(=O)[C@H]2C[C@H](O)CN2)cc1. The first-order valence-electron chi connectivity index (χ1n) is 7.01. The van der Waals surface area contributed by atoms with E-state index in [1.807, 2.05) is 24.3 Å². The minimum atomic E-state index is -0.398. The van der Waals surface area contributed by atoms with Crippen molar-refractivity contribution in [2.75, 3.05) is 20.2 Å². The molecule has 1 fully saturated rings. The van der Waals surface area contributed by atoms with Crippen molar-refractivity contribution in [1.82, 2.24) is 10.6 Å². The summed E-state index contributed by atoms with van der Waals surface area (Å²) in [6.07, 6.45) is 1.92. The monoisotopic (exact) mass is 278 g/mol. The van der Waals surface area contributed by atoms with E-state index < -0.39 is 6.10 Å². The molecular weight excluding hydrogens is 256 g/mol. The van der Waals surface area contributed by atoms with Gasteiger partial charge < -0.3 is 20.5 Å². The fraction of sp³-hybridized carbons (Fsp3) is 0.533. The van der Waals surface area contributed by atoms with Crippen molar-refractivity contribution >= 4 is 5.91 Å². The summed E-state index contributed by atoms with van der Waals surface area (Å²) in [6, 6.07) is 7.71. The van der Waals surface area contributed by atoms with Crippen LogP contribution in [0.3, 0.4) is 0 Å². The third-order valence-electron chi connectivity index (χ3n) is 3.52. The van der Waals surface area contributed by atoms with Crippen LogP contribution in [0, 0.1) is 0 Å². The molecule has 1 amide bonds. The summed E-state index contributed by atoms with van der Waals surface area (Å²) < 4.78 is 5.11. The van der Waals surface area contributed by atoms with Gasteiger partial charge in [-0.25, -0.2) is 0 Å². The molecule has 1 aliphatic rings. The minimum Gasteiger partial charge on any atom is -0.497 e. The summed E-state index contributed by atoms with van der Waals surface area (Å²) in [5.74, 6) is 0.837. The molecule has 20 heavy (non-hydrogen) atoms. The molecule has 2 rings (SSSR count). The molecule has 0 radical (unpaired) electrons. The number of hydrogen-bond donors (Lipinski definition) is 3. The summed E-state index contributed by atoms with van der Waals surface area (Å²) in [6.45, 7) is 1.16. The summed E-state index contributed by atoms with van der Waals surface area (Å²) in [7, 11) is 1.65. The Hall–Kier alpha value is -1.59. The number of carbonyl (C=O) groups excluding carboxylic acids is 1. The highest BCUT2D eigenvalue weighted by molar-refractivity contribution is 5.82. The molecule has 0 saturated carbocycles. The maximum atomic E-state index is 11.8. The van der Waals surface area contributed by atoms with Crippen LogP contribution in [-0.2, 0) is 11.2 Å². The standard InChI is InChI=1S/C15H22N2O3/c1-20-13-6-4-11(5-7-13)3-2-8-16-15(19)14-9-12(18)10-17-14/h4-7,12,14,17-18H,2-3,8-10H2,1H3,(H,16,19)/t12-,14+/m0/s1. The van der Waals surface area contributed by atoms with Crippen LogP contribution < -0.4 is 15.4 Å². The van der Waals surface area contributed by atoms with E-state index in [0.717, 1.165) is 18.6 Å². The normalized spacial score (nSPS) is 21.7. The molecule has 110 valence electrons. The molecular formula is C15H22N2O3. The second-order valence-electron chi connectivity index (χ2n) is 5.09. The van der Waals surface area contributed by atoms with Crippen LogP contribution in [-0.4, -0.2) is 43.4 Å². The number of nitrogens with one attached hydrogen (secondary N) is 2. The molecule has 5 heteroatoms. The van der Waals surface area contributed by atoms with Crippen molar-refractivity contribution in [3.63, 3.8) is 0 Å².